The van der Waals surface area contributed by atoms with Crippen molar-refractivity contribution in [3.63, 3.8) is 0 Å². The van der Waals surface area contributed by atoms with Crippen LogP contribution in [0.25, 0.3) is 5.69 Å². The van der Waals surface area contributed by atoms with Crippen LogP contribution >= 0.6 is 0 Å². The van der Waals surface area contributed by atoms with Gasteiger partial charge in [-0.05, 0) is 55.7 Å². The van der Waals surface area contributed by atoms with Gasteiger partial charge in [0.25, 0.3) is 0 Å². The number of benzene rings is 2. The van der Waals surface area contributed by atoms with Crippen LogP contribution in [0.4, 0.5) is 0 Å². The van der Waals surface area contributed by atoms with Crippen molar-refractivity contribution in [2.75, 3.05) is 26.8 Å². The van der Waals surface area contributed by atoms with E-state index < -0.39 is 0 Å². The molecular formula is C23H30N6O2. The summed E-state index contributed by atoms with van der Waals surface area (Å²) in [6.45, 7) is 6.60. The number of ether oxygens (including phenoxy) is 2. The van der Waals surface area contributed by atoms with Crippen molar-refractivity contribution in [1.29, 1.82) is 0 Å². The van der Waals surface area contributed by atoms with Gasteiger partial charge in [0.15, 0.2) is 17.5 Å². The Bertz CT molecular complexity index is 955. The molecule has 31 heavy (non-hydrogen) atoms. The first-order valence-corrected chi connectivity index (χ1v) is 10.5. The van der Waals surface area contributed by atoms with E-state index in [-0.39, 0.29) is 0 Å². The van der Waals surface area contributed by atoms with Gasteiger partial charge in [0.05, 0.1) is 18.9 Å². The van der Waals surface area contributed by atoms with Crippen LogP contribution < -0.4 is 20.1 Å². The Morgan fingerprint density at radius 1 is 0.968 bits per heavy atom. The summed E-state index contributed by atoms with van der Waals surface area (Å²) < 4.78 is 13.1. The number of rotatable bonds is 10. The van der Waals surface area contributed by atoms with E-state index in [2.05, 4.69) is 43.9 Å². The van der Waals surface area contributed by atoms with Gasteiger partial charge in [0.2, 0.25) is 0 Å². The smallest absolute Gasteiger partial charge is 0.191 e. The van der Waals surface area contributed by atoms with Crippen molar-refractivity contribution in [3.8, 4) is 17.2 Å². The molecule has 0 aliphatic carbocycles. The first-order chi connectivity index (χ1) is 15.2. The minimum Gasteiger partial charge on any atom is -0.490 e. The third-order valence-electron chi connectivity index (χ3n) is 4.62. The summed E-state index contributed by atoms with van der Waals surface area (Å²) in [5.74, 6) is 2.34. The maximum atomic E-state index is 5.71. The number of nitrogens with one attached hydrogen (secondary N) is 2. The molecule has 3 aromatic rings. The Balaban J connectivity index is 1.48. The lowest BCUT2D eigenvalue weighted by Gasteiger charge is -2.14. The molecular weight excluding hydrogens is 392 g/mol. The summed E-state index contributed by atoms with van der Waals surface area (Å²) in [7, 11) is 1.77. The number of nitrogens with zero attached hydrogens (tertiary/aromatic N) is 4. The molecule has 2 aromatic carbocycles. The van der Waals surface area contributed by atoms with Crippen LogP contribution in [0.3, 0.4) is 0 Å². The molecule has 0 saturated heterocycles. The fourth-order valence-corrected chi connectivity index (χ4v) is 3.09. The zero-order valence-corrected chi connectivity index (χ0v) is 18.3. The molecule has 0 aliphatic rings. The second-order valence-electron chi connectivity index (χ2n) is 6.76. The van der Waals surface area contributed by atoms with Crippen LogP contribution in [0, 0.1) is 0 Å². The van der Waals surface area contributed by atoms with Gasteiger partial charge in [0.1, 0.15) is 12.7 Å². The lowest BCUT2D eigenvalue weighted by Crippen LogP contribution is -2.37. The van der Waals surface area contributed by atoms with Crippen molar-refractivity contribution in [2.24, 2.45) is 4.99 Å². The second kappa shape index (κ2) is 11.6. The molecule has 0 aliphatic heterocycles. The Morgan fingerprint density at radius 3 is 2.39 bits per heavy atom. The normalized spacial score (nSPS) is 11.3. The van der Waals surface area contributed by atoms with Crippen LogP contribution in [0.1, 0.15) is 25.0 Å². The standard InChI is InChI=1S/C23H30N6O2/c1-4-30-21-11-8-18(14-22(21)31-5-2)12-13-26-23(24-3)27-15-19-6-9-20(10-7-19)29-17-25-16-28-29/h6-11,14,16-17H,4-5,12-13,15H2,1-3H3,(H2,24,26,27). The average molecular weight is 423 g/mol. The molecule has 1 heterocycles. The first kappa shape index (κ1) is 22.1. The van der Waals surface area contributed by atoms with Crippen molar-refractivity contribution >= 4 is 5.96 Å². The summed E-state index contributed by atoms with van der Waals surface area (Å²) in [5.41, 5.74) is 3.31. The molecule has 0 atom stereocenters. The van der Waals surface area contributed by atoms with E-state index in [4.69, 9.17) is 9.47 Å². The van der Waals surface area contributed by atoms with E-state index in [1.54, 1.807) is 18.1 Å². The number of guanidine groups is 1. The molecule has 2 N–H and O–H groups in total. The van der Waals surface area contributed by atoms with E-state index in [9.17, 15) is 0 Å². The highest BCUT2D eigenvalue weighted by atomic mass is 16.5. The van der Waals surface area contributed by atoms with Crippen LogP contribution in [-0.2, 0) is 13.0 Å². The number of hydrogen-bond donors (Lipinski definition) is 2. The van der Waals surface area contributed by atoms with Crippen LogP contribution in [0.2, 0.25) is 0 Å². The molecule has 8 nitrogen and oxygen atoms in total. The van der Waals surface area contributed by atoms with E-state index in [1.807, 2.05) is 38.1 Å². The van der Waals surface area contributed by atoms with Gasteiger partial charge in [0, 0.05) is 20.1 Å². The highest BCUT2D eigenvalue weighted by molar-refractivity contribution is 5.79. The highest BCUT2D eigenvalue weighted by Crippen LogP contribution is 2.28. The van der Waals surface area contributed by atoms with Gasteiger partial charge in [-0.1, -0.05) is 18.2 Å². The van der Waals surface area contributed by atoms with E-state index in [1.165, 1.54) is 11.9 Å². The topological polar surface area (TPSA) is 85.6 Å². The largest absolute Gasteiger partial charge is 0.490 e. The van der Waals surface area contributed by atoms with Crippen molar-refractivity contribution in [1.82, 2.24) is 25.4 Å². The monoisotopic (exact) mass is 422 g/mol. The van der Waals surface area contributed by atoms with Crippen molar-refractivity contribution in [3.05, 3.63) is 66.2 Å². The van der Waals surface area contributed by atoms with Crippen LogP contribution in [0.5, 0.6) is 11.5 Å². The molecule has 0 bridgehead atoms. The number of aromatic nitrogens is 3. The molecule has 0 amide bonds. The Morgan fingerprint density at radius 2 is 1.71 bits per heavy atom. The van der Waals surface area contributed by atoms with Gasteiger partial charge in [-0.2, -0.15) is 5.10 Å². The predicted molar refractivity (Wildman–Crippen MR) is 122 cm³/mol. The first-order valence-electron chi connectivity index (χ1n) is 10.5. The highest BCUT2D eigenvalue weighted by Gasteiger charge is 2.07. The van der Waals surface area contributed by atoms with Gasteiger partial charge >= 0.3 is 0 Å². The molecule has 0 spiro atoms. The van der Waals surface area contributed by atoms with Gasteiger partial charge in [-0.25, -0.2) is 9.67 Å². The number of hydrogen-bond acceptors (Lipinski definition) is 5. The predicted octanol–water partition coefficient (Wildman–Crippen LogP) is 2.97. The lowest BCUT2D eigenvalue weighted by molar-refractivity contribution is 0.287. The maximum absolute atomic E-state index is 5.71. The summed E-state index contributed by atoms with van der Waals surface area (Å²) in [4.78, 5) is 8.28. The van der Waals surface area contributed by atoms with Crippen molar-refractivity contribution in [2.45, 2.75) is 26.8 Å². The van der Waals surface area contributed by atoms with Gasteiger partial charge in [-0.15, -0.1) is 0 Å². The lowest BCUT2D eigenvalue weighted by atomic mass is 10.1. The number of aliphatic imine (C=N–C) groups is 1. The fraction of sp³-hybridized carbons (Fsp3) is 0.348. The molecule has 8 heteroatoms. The molecule has 1 aromatic heterocycles. The molecule has 0 unspecified atom stereocenters. The minimum absolute atomic E-state index is 0.609. The Labute approximate surface area is 183 Å². The minimum atomic E-state index is 0.609. The van der Waals surface area contributed by atoms with Gasteiger partial charge < -0.3 is 20.1 Å². The van der Waals surface area contributed by atoms with E-state index in [0.29, 0.717) is 19.8 Å². The summed E-state index contributed by atoms with van der Waals surface area (Å²) in [6, 6.07) is 14.2. The maximum Gasteiger partial charge on any atom is 0.191 e. The zero-order valence-electron chi connectivity index (χ0n) is 18.3. The third kappa shape index (κ3) is 6.47. The zero-order chi connectivity index (χ0) is 21.9. The molecule has 0 fully saturated rings. The van der Waals surface area contributed by atoms with E-state index in [0.717, 1.165) is 41.7 Å². The molecule has 3 rings (SSSR count). The quantitative estimate of drug-likeness (QED) is 0.386. The third-order valence-corrected chi connectivity index (χ3v) is 4.62. The van der Waals surface area contributed by atoms with Gasteiger partial charge in [-0.3, -0.25) is 4.99 Å². The SMILES string of the molecule is CCOc1ccc(CCNC(=NC)NCc2ccc(-n3cncn3)cc2)cc1OCC. The summed E-state index contributed by atoms with van der Waals surface area (Å²) >= 11 is 0. The summed E-state index contributed by atoms with van der Waals surface area (Å²) in [6.07, 6.45) is 4.05. The molecule has 0 radical (unpaired) electrons. The Kier molecular flexibility index (Phi) is 8.28. The van der Waals surface area contributed by atoms with Crippen molar-refractivity contribution < 1.29 is 9.47 Å². The van der Waals surface area contributed by atoms with Crippen LogP contribution in [0.15, 0.2) is 60.1 Å². The molecule has 0 saturated carbocycles. The molecule has 164 valence electrons. The van der Waals surface area contributed by atoms with Crippen LogP contribution in [-0.4, -0.2) is 47.5 Å². The fourth-order valence-electron chi connectivity index (χ4n) is 3.09. The summed E-state index contributed by atoms with van der Waals surface area (Å²) in [5, 5.41) is 10.8. The average Bonchev–Trinajstić information content (AvgIpc) is 3.33. The second-order valence-corrected chi connectivity index (χ2v) is 6.76. The Hall–Kier alpha value is -3.55. The van der Waals surface area contributed by atoms with E-state index >= 15 is 0 Å².